The molecule has 1 aromatic carbocycles. The summed E-state index contributed by atoms with van der Waals surface area (Å²) in [5, 5.41) is 10.2. The standard InChI is InChI=1S/C19H19ClN4O5S.C2H6.CH5N/c1-21-30-10-4-2-9(3-5-10)28-18-11(20)6-12-17(23-18)24-19(22-12)29-14-8-27-15-13(25)7-26-16(14)15;2*1-2/h2-6,13-16,21,25H,7-8H2,1H3,(H,22,23,24);1-2H3;2H2,1H3/t13-,14-,15-,16-;;/m1../s1. The van der Waals surface area contributed by atoms with Crippen LogP contribution in [0, 0.1) is 0 Å². The van der Waals surface area contributed by atoms with Crippen molar-refractivity contribution in [3.63, 3.8) is 0 Å². The number of fused-ring (bicyclic) bond motifs is 2. The lowest BCUT2D eigenvalue weighted by molar-refractivity contribution is 0.00706. The van der Waals surface area contributed by atoms with Crippen LogP contribution in [0.4, 0.5) is 0 Å². The van der Waals surface area contributed by atoms with E-state index in [0.717, 1.165) is 4.90 Å². The van der Waals surface area contributed by atoms with Gasteiger partial charge in [0.1, 0.15) is 29.1 Å². The van der Waals surface area contributed by atoms with Gasteiger partial charge in [-0.2, -0.15) is 9.97 Å². The molecule has 0 unspecified atom stereocenters. The molecule has 2 aliphatic heterocycles. The minimum absolute atomic E-state index is 0.238. The van der Waals surface area contributed by atoms with Crippen LogP contribution in [-0.4, -0.2) is 71.8 Å². The highest BCUT2D eigenvalue weighted by Gasteiger charge is 2.48. The first kappa shape index (κ1) is 26.5. The first-order valence-corrected chi connectivity index (χ1v) is 12.1. The van der Waals surface area contributed by atoms with Crippen molar-refractivity contribution in [3.05, 3.63) is 35.4 Å². The van der Waals surface area contributed by atoms with Gasteiger partial charge in [0.05, 0.1) is 18.7 Å². The van der Waals surface area contributed by atoms with Crippen LogP contribution in [0.2, 0.25) is 5.02 Å². The lowest BCUT2D eigenvalue weighted by Crippen LogP contribution is -2.34. The third-order valence-electron chi connectivity index (χ3n) is 4.88. The lowest BCUT2D eigenvalue weighted by atomic mass is 10.1. The highest BCUT2D eigenvalue weighted by Crippen LogP contribution is 2.33. The quantitative estimate of drug-likeness (QED) is 0.365. The van der Waals surface area contributed by atoms with E-state index in [2.05, 4.69) is 25.4 Å². The number of pyridine rings is 1. The Labute approximate surface area is 207 Å². The topological polar surface area (TPSA) is 137 Å². The number of aromatic amines is 1. The summed E-state index contributed by atoms with van der Waals surface area (Å²) in [6.45, 7) is 4.55. The number of aliphatic hydroxyl groups excluding tert-OH is 1. The maximum atomic E-state index is 9.85. The van der Waals surface area contributed by atoms with E-state index in [0.29, 0.717) is 28.5 Å². The number of aliphatic hydroxyl groups is 1. The number of aromatic nitrogens is 3. The van der Waals surface area contributed by atoms with Crippen molar-refractivity contribution in [3.8, 4) is 17.6 Å². The molecule has 186 valence electrons. The smallest absolute Gasteiger partial charge is 0.296 e. The van der Waals surface area contributed by atoms with Crippen LogP contribution < -0.4 is 19.9 Å². The van der Waals surface area contributed by atoms with Crippen LogP contribution >= 0.6 is 23.5 Å². The first-order valence-electron chi connectivity index (χ1n) is 10.9. The molecule has 2 saturated heterocycles. The average Bonchev–Trinajstić information content (AvgIpc) is 3.55. The van der Waals surface area contributed by atoms with E-state index < -0.39 is 6.10 Å². The minimum atomic E-state index is -0.634. The minimum Gasteiger partial charge on any atom is -0.456 e. The number of nitrogens with zero attached hydrogens (tertiary/aromatic N) is 2. The molecule has 10 nitrogen and oxygen atoms in total. The highest BCUT2D eigenvalue weighted by molar-refractivity contribution is 7.97. The monoisotopic (exact) mass is 511 g/mol. The number of imidazole rings is 1. The molecule has 12 heteroatoms. The van der Waals surface area contributed by atoms with E-state index in [-0.39, 0.29) is 36.8 Å². The molecule has 0 amide bonds. The molecular formula is C22H30ClN5O5S. The average molecular weight is 512 g/mol. The fourth-order valence-electron chi connectivity index (χ4n) is 3.50. The van der Waals surface area contributed by atoms with Gasteiger partial charge in [0.15, 0.2) is 11.8 Å². The van der Waals surface area contributed by atoms with Gasteiger partial charge >= 0.3 is 0 Å². The van der Waals surface area contributed by atoms with Crippen LogP contribution in [0.5, 0.6) is 17.6 Å². The van der Waals surface area contributed by atoms with Gasteiger partial charge in [0.2, 0.25) is 5.88 Å². The second-order valence-corrected chi connectivity index (χ2v) is 8.38. The molecule has 5 N–H and O–H groups in total. The molecule has 0 radical (unpaired) electrons. The predicted octanol–water partition coefficient (Wildman–Crippen LogP) is 3.14. The van der Waals surface area contributed by atoms with Crippen LogP contribution in [0.1, 0.15) is 13.8 Å². The van der Waals surface area contributed by atoms with Gasteiger partial charge in [0.25, 0.3) is 6.01 Å². The van der Waals surface area contributed by atoms with Crippen molar-refractivity contribution in [2.24, 2.45) is 5.73 Å². The fraction of sp³-hybridized carbons (Fsp3) is 0.455. The van der Waals surface area contributed by atoms with Crippen molar-refractivity contribution in [1.82, 2.24) is 19.7 Å². The van der Waals surface area contributed by atoms with E-state index in [1.807, 2.05) is 45.2 Å². The maximum Gasteiger partial charge on any atom is 0.296 e. The van der Waals surface area contributed by atoms with Crippen molar-refractivity contribution in [2.75, 3.05) is 27.3 Å². The molecule has 0 aliphatic carbocycles. The van der Waals surface area contributed by atoms with Crippen LogP contribution in [0.25, 0.3) is 11.2 Å². The van der Waals surface area contributed by atoms with E-state index in [1.54, 1.807) is 6.07 Å². The second-order valence-electron chi connectivity index (χ2n) is 6.89. The van der Waals surface area contributed by atoms with Gasteiger partial charge in [0, 0.05) is 4.90 Å². The van der Waals surface area contributed by atoms with Crippen LogP contribution in [0.15, 0.2) is 35.2 Å². The summed E-state index contributed by atoms with van der Waals surface area (Å²) in [5.41, 5.74) is 5.53. The largest absolute Gasteiger partial charge is 0.456 e. The predicted molar refractivity (Wildman–Crippen MR) is 132 cm³/mol. The molecule has 0 spiro atoms. The molecule has 4 atom stereocenters. The summed E-state index contributed by atoms with van der Waals surface area (Å²) in [7, 11) is 3.36. The van der Waals surface area contributed by atoms with Crippen molar-refractivity contribution in [2.45, 2.75) is 43.2 Å². The molecule has 0 saturated carbocycles. The number of benzene rings is 1. The molecule has 34 heavy (non-hydrogen) atoms. The van der Waals surface area contributed by atoms with Gasteiger partial charge < -0.3 is 34.8 Å². The summed E-state index contributed by atoms with van der Waals surface area (Å²) in [5.74, 6) is 0.866. The third kappa shape index (κ3) is 5.92. The lowest BCUT2D eigenvalue weighted by Gasteiger charge is -2.15. The number of rotatable bonds is 6. The molecule has 5 rings (SSSR count). The van der Waals surface area contributed by atoms with Gasteiger partial charge in [-0.3, -0.25) is 4.72 Å². The Morgan fingerprint density at radius 1 is 1.15 bits per heavy atom. The first-order chi connectivity index (χ1) is 16.6. The Kier molecular flexibility index (Phi) is 9.77. The number of hydrogen-bond acceptors (Lipinski definition) is 10. The number of nitrogens with one attached hydrogen (secondary N) is 2. The summed E-state index contributed by atoms with van der Waals surface area (Å²) in [6, 6.07) is 9.51. The Morgan fingerprint density at radius 3 is 2.56 bits per heavy atom. The van der Waals surface area contributed by atoms with Crippen LogP contribution in [0.3, 0.4) is 0 Å². The van der Waals surface area contributed by atoms with Gasteiger partial charge in [-0.05, 0) is 56.4 Å². The highest BCUT2D eigenvalue weighted by atomic mass is 35.5. The summed E-state index contributed by atoms with van der Waals surface area (Å²) < 4.78 is 25.9. The Morgan fingerprint density at radius 2 is 1.85 bits per heavy atom. The van der Waals surface area contributed by atoms with Crippen molar-refractivity contribution < 1.29 is 24.1 Å². The number of ether oxygens (including phenoxy) is 4. The summed E-state index contributed by atoms with van der Waals surface area (Å²) >= 11 is 7.85. The molecule has 0 bridgehead atoms. The molecule has 3 aromatic rings. The zero-order valence-electron chi connectivity index (χ0n) is 19.4. The fourth-order valence-corrected chi connectivity index (χ4v) is 4.20. The Hall–Kier alpha value is -2.12. The SMILES string of the molecule is CC.CN.CNSc1ccc(Oc2nc3nc(O[C@@H]4CO[C@H]5[C@@H]4OC[C@H]5O)[nH]c3cc2Cl)cc1. The Bertz CT molecular complexity index is 1050. The zero-order chi connectivity index (χ0) is 24.7. The molecule has 4 heterocycles. The number of halogens is 1. The zero-order valence-corrected chi connectivity index (χ0v) is 21.0. The number of hydrogen-bond donors (Lipinski definition) is 4. The van der Waals surface area contributed by atoms with E-state index in [4.69, 9.17) is 30.5 Å². The molecule has 2 aliphatic rings. The summed E-state index contributed by atoms with van der Waals surface area (Å²) in [6.07, 6.45) is -1.70. The van der Waals surface area contributed by atoms with Gasteiger partial charge in [-0.15, -0.1) is 0 Å². The van der Waals surface area contributed by atoms with E-state index in [1.165, 1.54) is 19.0 Å². The second kappa shape index (κ2) is 12.5. The normalized spacial score (nSPS) is 22.9. The summed E-state index contributed by atoms with van der Waals surface area (Å²) in [4.78, 5) is 12.9. The Balaban J connectivity index is 0.000000771. The van der Waals surface area contributed by atoms with E-state index >= 15 is 0 Å². The molecule has 2 aromatic heterocycles. The number of nitrogens with two attached hydrogens (primary N) is 1. The molecule has 2 fully saturated rings. The van der Waals surface area contributed by atoms with Gasteiger partial charge in [-0.25, -0.2) is 0 Å². The van der Waals surface area contributed by atoms with Crippen molar-refractivity contribution >= 4 is 34.7 Å². The van der Waals surface area contributed by atoms with Crippen molar-refractivity contribution in [1.29, 1.82) is 0 Å². The maximum absolute atomic E-state index is 9.85. The number of H-pyrrole nitrogens is 1. The van der Waals surface area contributed by atoms with Crippen LogP contribution in [-0.2, 0) is 9.47 Å². The van der Waals surface area contributed by atoms with Gasteiger partial charge in [-0.1, -0.05) is 25.4 Å². The third-order valence-corrected chi connectivity index (χ3v) is 5.86. The van der Waals surface area contributed by atoms with E-state index in [9.17, 15) is 5.11 Å². The molecular weight excluding hydrogens is 482 g/mol.